The van der Waals surface area contributed by atoms with Gasteiger partial charge >= 0.3 is 0 Å². The minimum Gasteiger partial charge on any atom is -0.496 e. The summed E-state index contributed by atoms with van der Waals surface area (Å²) in [5.41, 5.74) is 3.08. The smallest absolute Gasteiger partial charge is 0.190 e. The minimum atomic E-state index is -0.0632. The Labute approximate surface area is 154 Å². The molecule has 26 heavy (non-hydrogen) atoms. The number of pyridine rings is 1. The Morgan fingerprint density at radius 3 is 2.81 bits per heavy atom. The molecule has 0 saturated carbocycles. The van der Waals surface area contributed by atoms with E-state index in [2.05, 4.69) is 16.0 Å². The van der Waals surface area contributed by atoms with Gasteiger partial charge in [0, 0.05) is 28.1 Å². The van der Waals surface area contributed by atoms with Gasteiger partial charge in [0.15, 0.2) is 17.6 Å². The number of oxazole rings is 1. The molecule has 2 heterocycles. The van der Waals surface area contributed by atoms with Crippen LogP contribution in [0.4, 0.5) is 0 Å². The number of fused-ring (bicyclic) bond motifs is 1. The van der Waals surface area contributed by atoms with Gasteiger partial charge < -0.3 is 14.1 Å². The first-order valence-corrected chi connectivity index (χ1v) is 9.20. The highest BCUT2D eigenvalue weighted by Gasteiger charge is 2.14. The molecule has 6 heteroatoms. The van der Waals surface area contributed by atoms with E-state index in [1.807, 2.05) is 30.5 Å². The van der Waals surface area contributed by atoms with Crippen LogP contribution in [0, 0.1) is 0 Å². The summed E-state index contributed by atoms with van der Waals surface area (Å²) < 4.78 is 10.8. The third-order valence-corrected chi connectivity index (χ3v) is 4.95. The summed E-state index contributed by atoms with van der Waals surface area (Å²) in [5, 5.41) is 0.571. The molecule has 2 aromatic carbocycles. The van der Waals surface area contributed by atoms with Crippen LogP contribution in [-0.4, -0.2) is 23.3 Å². The summed E-state index contributed by atoms with van der Waals surface area (Å²) in [7, 11) is 1.59. The van der Waals surface area contributed by atoms with Crippen LogP contribution in [0.25, 0.3) is 33.5 Å². The zero-order valence-corrected chi connectivity index (χ0v) is 15.1. The van der Waals surface area contributed by atoms with Crippen molar-refractivity contribution in [1.29, 1.82) is 0 Å². The molecule has 0 aliphatic carbocycles. The Kier molecular flexibility index (Phi) is 4.26. The lowest BCUT2D eigenvalue weighted by Crippen LogP contribution is -2.04. The fourth-order valence-corrected chi connectivity index (χ4v) is 3.39. The number of thioether (sulfide) groups is 1. The van der Waals surface area contributed by atoms with Crippen LogP contribution in [0.1, 0.15) is 0 Å². The van der Waals surface area contributed by atoms with Crippen molar-refractivity contribution in [3.63, 3.8) is 0 Å². The van der Waals surface area contributed by atoms with Crippen molar-refractivity contribution >= 4 is 22.7 Å². The highest BCUT2D eigenvalue weighted by molar-refractivity contribution is 7.98. The number of aromatic amines is 1. The lowest BCUT2D eigenvalue weighted by Gasteiger charge is -2.10. The summed E-state index contributed by atoms with van der Waals surface area (Å²) in [6.45, 7) is 0. The SMILES string of the molecule is COc1cc2[nH]c(-c3cccc(SC)c3)cc(=O)c2cc1-c1cnco1. The van der Waals surface area contributed by atoms with E-state index in [4.69, 9.17) is 9.15 Å². The number of nitrogens with one attached hydrogen (secondary N) is 1. The van der Waals surface area contributed by atoms with Crippen molar-refractivity contribution in [1.82, 2.24) is 9.97 Å². The predicted octanol–water partition coefficient (Wildman–Crippen LogP) is 4.58. The monoisotopic (exact) mass is 364 g/mol. The molecule has 0 bridgehead atoms. The molecule has 0 aliphatic rings. The second-order valence-corrected chi connectivity index (χ2v) is 6.62. The number of aromatic nitrogens is 2. The molecule has 4 rings (SSSR count). The van der Waals surface area contributed by atoms with Crippen LogP contribution >= 0.6 is 11.8 Å². The maximum Gasteiger partial charge on any atom is 0.190 e. The van der Waals surface area contributed by atoms with Crippen LogP contribution in [0.3, 0.4) is 0 Å². The standard InChI is InChI=1S/C20H16N2O3S/c1-24-19-9-17-14(7-15(19)20-10-21-11-25-20)18(23)8-16(22-17)12-4-3-5-13(6-12)26-2/h3-11H,1-2H3,(H,22,23). The second-order valence-electron chi connectivity index (χ2n) is 5.74. The summed E-state index contributed by atoms with van der Waals surface area (Å²) in [6, 6.07) is 13.3. The van der Waals surface area contributed by atoms with Gasteiger partial charge in [-0.1, -0.05) is 12.1 Å². The number of hydrogen-bond donors (Lipinski definition) is 1. The summed E-state index contributed by atoms with van der Waals surface area (Å²) in [5.74, 6) is 1.17. The number of hydrogen-bond acceptors (Lipinski definition) is 5. The highest BCUT2D eigenvalue weighted by atomic mass is 32.2. The fraction of sp³-hybridized carbons (Fsp3) is 0.100. The Morgan fingerprint density at radius 2 is 2.08 bits per heavy atom. The van der Waals surface area contributed by atoms with E-state index in [0.29, 0.717) is 28.0 Å². The van der Waals surface area contributed by atoms with Crippen LogP contribution in [-0.2, 0) is 0 Å². The van der Waals surface area contributed by atoms with Gasteiger partial charge in [-0.25, -0.2) is 4.98 Å². The number of rotatable bonds is 4. The van der Waals surface area contributed by atoms with Gasteiger partial charge in [-0.2, -0.15) is 0 Å². The number of methoxy groups -OCH3 is 1. The largest absolute Gasteiger partial charge is 0.496 e. The van der Waals surface area contributed by atoms with Gasteiger partial charge in [-0.05, 0) is 30.0 Å². The lowest BCUT2D eigenvalue weighted by atomic mass is 10.1. The Bertz CT molecular complexity index is 1130. The van der Waals surface area contributed by atoms with E-state index in [1.54, 1.807) is 37.2 Å². The lowest BCUT2D eigenvalue weighted by molar-refractivity contribution is 0.415. The van der Waals surface area contributed by atoms with Crippen molar-refractivity contribution in [3.05, 3.63) is 65.3 Å². The van der Waals surface area contributed by atoms with Crippen molar-refractivity contribution in [2.24, 2.45) is 0 Å². The van der Waals surface area contributed by atoms with Crippen molar-refractivity contribution in [3.8, 4) is 28.3 Å². The summed E-state index contributed by atoms with van der Waals surface area (Å²) in [4.78, 5) is 21.2. The average molecular weight is 364 g/mol. The van der Waals surface area contributed by atoms with Gasteiger partial charge in [-0.15, -0.1) is 11.8 Å². The molecule has 0 aliphatic heterocycles. The van der Waals surface area contributed by atoms with Gasteiger partial charge in [0.25, 0.3) is 0 Å². The molecular formula is C20H16N2O3S. The third kappa shape index (κ3) is 2.88. The fourth-order valence-electron chi connectivity index (χ4n) is 2.93. The molecule has 0 atom stereocenters. The summed E-state index contributed by atoms with van der Waals surface area (Å²) >= 11 is 1.66. The van der Waals surface area contributed by atoms with Crippen LogP contribution < -0.4 is 10.2 Å². The van der Waals surface area contributed by atoms with Crippen LogP contribution in [0.15, 0.2) is 69.2 Å². The highest BCUT2D eigenvalue weighted by Crippen LogP contribution is 2.33. The molecule has 0 spiro atoms. The molecule has 2 aromatic heterocycles. The Morgan fingerprint density at radius 1 is 1.19 bits per heavy atom. The molecule has 0 unspecified atom stereocenters. The quantitative estimate of drug-likeness (QED) is 0.537. The first-order chi connectivity index (χ1) is 12.7. The van der Waals surface area contributed by atoms with E-state index >= 15 is 0 Å². The molecule has 5 nitrogen and oxygen atoms in total. The topological polar surface area (TPSA) is 68.1 Å². The predicted molar refractivity (Wildman–Crippen MR) is 104 cm³/mol. The van der Waals surface area contributed by atoms with Gasteiger partial charge in [0.2, 0.25) is 0 Å². The number of benzene rings is 2. The molecule has 0 radical (unpaired) electrons. The molecule has 4 aromatic rings. The third-order valence-electron chi connectivity index (χ3n) is 4.23. The number of ether oxygens (including phenoxy) is 1. The first-order valence-electron chi connectivity index (χ1n) is 7.98. The molecule has 0 fully saturated rings. The molecule has 130 valence electrons. The normalized spacial score (nSPS) is 11.0. The van der Waals surface area contributed by atoms with Gasteiger partial charge in [0.1, 0.15) is 5.75 Å². The molecule has 0 amide bonds. The van der Waals surface area contributed by atoms with Crippen molar-refractivity contribution < 1.29 is 9.15 Å². The average Bonchev–Trinajstić information content (AvgIpc) is 3.21. The zero-order chi connectivity index (χ0) is 18.1. The zero-order valence-electron chi connectivity index (χ0n) is 14.3. The summed E-state index contributed by atoms with van der Waals surface area (Å²) in [6.07, 6.45) is 4.98. The number of nitrogens with zero attached hydrogens (tertiary/aromatic N) is 1. The Balaban J connectivity index is 1.92. The van der Waals surface area contributed by atoms with Crippen molar-refractivity contribution in [2.45, 2.75) is 4.90 Å². The van der Waals surface area contributed by atoms with Crippen LogP contribution in [0.5, 0.6) is 5.75 Å². The van der Waals surface area contributed by atoms with Gasteiger partial charge in [0.05, 0.1) is 24.4 Å². The molecule has 0 saturated heterocycles. The Hall–Kier alpha value is -2.99. The number of H-pyrrole nitrogens is 1. The first kappa shape index (κ1) is 16.5. The maximum absolute atomic E-state index is 12.7. The minimum absolute atomic E-state index is 0.0632. The maximum atomic E-state index is 12.7. The molecular weight excluding hydrogens is 348 g/mol. The van der Waals surface area contributed by atoms with E-state index in [0.717, 1.165) is 16.2 Å². The van der Waals surface area contributed by atoms with E-state index in [1.165, 1.54) is 6.39 Å². The second kappa shape index (κ2) is 6.72. The van der Waals surface area contributed by atoms with E-state index < -0.39 is 0 Å². The van der Waals surface area contributed by atoms with Crippen molar-refractivity contribution in [2.75, 3.05) is 13.4 Å². The van der Waals surface area contributed by atoms with Crippen LogP contribution in [0.2, 0.25) is 0 Å². The molecule has 1 N–H and O–H groups in total. The van der Waals surface area contributed by atoms with E-state index in [-0.39, 0.29) is 5.43 Å². The van der Waals surface area contributed by atoms with E-state index in [9.17, 15) is 4.79 Å². The van der Waals surface area contributed by atoms with Gasteiger partial charge in [-0.3, -0.25) is 4.79 Å².